The fraction of sp³-hybridized carbons (Fsp3) is 0.533. The third-order valence-corrected chi connectivity index (χ3v) is 4.40. The molecule has 3 N–H and O–H groups in total. The summed E-state index contributed by atoms with van der Waals surface area (Å²) in [5.74, 6) is -0.253. The normalized spacial score (nSPS) is 11.2. The van der Waals surface area contributed by atoms with Gasteiger partial charge in [-0.1, -0.05) is 26.0 Å². The van der Waals surface area contributed by atoms with E-state index in [-0.39, 0.29) is 11.7 Å². The predicted molar refractivity (Wildman–Crippen MR) is 89.6 cm³/mol. The first-order valence-corrected chi connectivity index (χ1v) is 9.23. The van der Waals surface area contributed by atoms with E-state index < -0.39 is 10.0 Å². The van der Waals surface area contributed by atoms with Gasteiger partial charge in [0.1, 0.15) is 0 Å². The van der Waals surface area contributed by atoms with Crippen LogP contribution in [0.15, 0.2) is 24.3 Å². The van der Waals surface area contributed by atoms with Crippen molar-refractivity contribution in [3.63, 3.8) is 0 Å². The predicted octanol–water partition coefficient (Wildman–Crippen LogP) is 1.57. The summed E-state index contributed by atoms with van der Waals surface area (Å²) in [5.41, 5.74) is 0.646. The average molecular weight is 327 g/mol. The Morgan fingerprint density at radius 2 is 1.77 bits per heavy atom. The molecule has 1 aromatic rings. The van der Waals surface area contributed by atoms with E-state index >= 15 is 0 Å². The van der Waals surface area contributed by atoms with E-state index in [2.05, 4.69) is 22.3 Å². The van der Waals surface area contributed by atoms with Crippen LogP contribution in [0, 0.1) is 0 Å². The zero-order valence-corrected chi connectivity index (χ0v) is 14.0. The van der Waals surface area contributed by atoms with Crippen molar-refractivity contribution in [2.75, 3.05) is 30.1 Å². The van der Waals surface area contributed by atoms with Gasteiger partial charge in [-0.05, 0) is 31.5 Å². The van der Waals surface area contributed by atoms with Crippen LogP contribution in [-0.4, -0.2) is 39.7 Å². The van der Waals surface area contributed by atoms with Crippen molar-refractivity contribution in [3.05, 3.63) is 29.8 Å². The van der Waals surface area contributed by atoms with Crippen LogP contribution in [0.5, 0.6) is 0 Å². The molecule has 0 aliphatic heterocycles. The van der Waals surface area contributed by atoms with Crippen molar-refractivity contribution in [1.29, 1.82) is 0 Å². The summed E-state index contributed by atoms with van der Waals surface area (Å²) in [6, 6.07) is 6.61. The van der Waals surface area contributed by atoms with Crippen molar-refractivity contribution in [1.82, 2.24) is 10.6 Å². The van der Waals surface area contributed by atoms with Crippen LogP contribution in [0.25, 0.3) is 0 Å². The molecule has 0 heterocycles. The first-order chi connectivity index (χ1) is 10.5. The Bertz CT molecular complexity index is 573. The van der Waals surface area contributed by atoms with Gasteiger partial charge in [0.15, 0.2) is 0 Å². The Morgan fingerprint density at radius 1 is 1.05 bits per heavy atom. The Kier molecular flexibility index (Phi) is 7.90. The maximum atomic E-state index is 12.2. The average Bonchev–Trinajstić information content (AvgIpc) is 2.47. The second-order valence-electron chi connectivity index (χ2n) is 4.97. The molecule has 0 atom stereocenters. The molecule has 0 aliphatic carbocycles. The van der Waals surface area contributed by atoms with Gasteiger partial charge in [0.25, 0.3) is 5.91 Å². The largest absolute Gasteiger partial charge is 0.351 e. The van der Waals surface area contributed by atoms with Gasteiger partial charge in [-0.25, -0.2) is 8.42 Å². The molecule has 0 fully saturated rings. The SMILES string of the molecule is CCCNCCNC(=O)c1ccccc1NS(=O)(=O)CCC. The highest BCUT2D eigenvalue weighted by Crippen LogP contribution is 2.16. The van der Waals surface area contributed by atoms with Crippen LogP contribution < -0.4 is 15.4 Å². The molecule has 0 unspecified atom stereocenters. The van der Waals surface area contributed by atoms with E-state index in [1.54, 1.807) is 31.2 Å². The number of carbonyl (C=O) groups excluding carboxylic acids is 1. The number of benzene rings is 1. The summed E-state index contributed by atoms with van der Waals surface area (Å²) in [7, 11) is -3.42. The standard InChI is InChI=1S/C15H25N3O3S/c1-3-9-16-10-11-17-15(19)13-7-5-6-8-14(13)18-22(20,21)12-4-2/h5-8,16,18H,3-4,9-12H2,1-2H3,(H,17,19). The minimum Gasteiger partial charge on any atom is -0.351 e. The number of amides is 1. The number of para-hydroxylation sites is 1. The Morgan fingerprint density at radius 3 is 2.45 bits per heavy atom. The van der Waals surface area contributed by atoms with E-state index in [1.807, 2.05) is 0 Å². The third-order valence-electron chi connectivity index (χ3n) is 2.92. The third kappa shape index (κ3) is 6.44. The molecule has 1 aromatic carbocycles. The molecule has 0 aliphatic rings. The molecular weight excluding hydrogens is 302 g/mol. The number of hydrogen-bond donors (Lipinski definition) is 3. The van der Waals surface area contributed by atoms with Gasteiger partial charge in [-0.15, -0.1) is 0 Å². The fourth-order valence-corrected chi connectivity index (χ4v) is 3.07. The zero-order valence-electron chi connectivity index (χ0n) is 13.2. The number of hydrogen-bond acceptors (Lipinski definition) is 4. The van der Waals surface area contributed by atoms with E-state index in [4.69, 9.17) is 0 Å². The molecule has 0 saturated carbocycles. The lowest BCUT2D eigenvalue weighted by molar-refractivity contribution is 0.0955. The van der Waals surface area contributed by atoms with Gasteiger partial charge in [0.2, 0.25) is 10.0 Å². The zero-order chi connectivity index (χ0) is 16.4. The summed E-state index contributed by atoms with van der Waals surface area (Å²) in [4.78, 5) is 12.2. The lowest BCUT2D eigenvalue weighted by Gasteiger charge is -2.12. The fourth-order valence-electron chi connectivity index (χ4n) is 1.92. The van der Waals surface area contributed by atoms with E-state index in [0.29, 0.717) is 30.8 Å². The van der Waals surface area contributed by atoms with Crippen LogP contribution in [0.4, 0.5) is 5.69 Å². The molecule has 0 aromatic heterocycles. The van der Waals surface area contributed by atoms with Gasteiger partial charge in [-0.2, -0.15) is 0 Å². The van der Waals surface area contributed by atoms with Crippen LogP contribution in [-0.2, 0) is 10.0 Å². The smallest absolute Gasteiger partial charge is 0.253 e. The monoisotopic (exact) mass is 327 g/mol. The Labute approximate surface area is 132 Å². The molecule has 0 saturated heterocycles. The molecule has 0 bridgehead atoms. The lowest BCUT2D eigenvalue weighted by Crippen LogP contribution is -2.32. The number of anilines is 1. The van der Waals surface area contributed by atoms with Gasteiger partial charge in [0.05, 0.1) is 17.0 Å². The van der Waals surface area contributed by atoms with Crippen LogP contribution in [0.2, 0.25) is 0 Å². The van der Waals surface area contributed by atoms with Crippen molar-refractivity contribution in [2.24, 2.45) is 0 Å². The lowest BCUT2D eigenvalue weighted by atomic mass is 10.1. The molecule has 124 valence electrons. The number of carbonyl (C=O) groups is 1. The topological polar surface area (TPSA) is 87.3 Å². The van der Waals surface area contributed by atoms with Crippen molar-refractivity contribution < 1.29 is 13.2 Å². The van der Waals surface area contributed by atoms with Crippen LogP contribution in [0.3, 0.4) is 0 Å². The van der Waals surface area contributed by atoms with Crippen molar-refractivity contribution in [2.45, 2.75) is 26.7 Å². The molecule has 0 spiro atoms. The molecule has 7 heteroatoms. The molecule has 0 radical (unpaired) electrons. The molecule has 22 heavy (non-hydrogen) atoms. The molecule has 1 rings (SSSR count). The molecule has 6 nitrogen and oxygen atoms in total. The first kappa shape index (κ1) is 18.4. The minimum atomic E-state index is -3.42. The quantitative estimate of drug-likeness (QED) is 0.569. The van der Waals surface area contributed by atoms with E-state index in [0.717, 1.165) is 13.0 Å². The highest BCUT2D eigenvalue weighted by molar-refractivity contribution is 7.92. The Balaban J connectivity index is 2.68. The first-order valence-electron chi connectivity index (χ1n) is 7.58. The highest BCUT2D eigenvalue weighted by atomic mass is 32.2. The van der Waals surface area contributed by atoms with Crippen molar-refractivity contribution in [3.8, 4) is 0 Å². The van der Waals surface area contributed by atoms with Gasteiger partial charge >= 0.3 is 0 Å². The summed E-state index contributed by atoms with van der Waals surface area (Å²) in [6.07, 6.45) is 1.56. The summed E-state index contributed by atoms with van der Waals surface area (Å²) < 4.78 is 26.2. The maximum Gasteiger partial charge on any atom is 0.253 e. The Hall–Kier alpha value is -1.60. The number of nitrogens with one attached hydrogen (secondary N) is 3. The van der Waals surface area contributed by atoms with Gasteiger partial charge in [-0.3, -0.25) is 9.52 Å². The number of sulfonamides is 1. The molecular formula is C15H25N3O3S. The highest BCUT2D eigenvalue weighted by Gasteiger charge is 2.15. The summed E-state index contributed by atoms with van der Waals surface area (Å²) in [6.45, 7) is 5.95. The minimum absolute atomic E-state index is 0.0316. The van der Waals surface area contributed by atoms with Gasteiger partial charge < -0.3 is 10.6 Å². The van der Waals surface area contributed by atoms with E-state index in [1.165, 1.54) is 0 Å². The van der Waals surface area contributed by atoms with E-state index in [9.17, 15) is 13.2 Å². The van der Waals surface area contributed by atoms with Gasteiger partial charge in [0, 0.05) is 13.1 Å². The van der Waals surface area contributed by atoms with Crippen LogP contribution in [0.1, 0.15) is 37.0 Å². The molecule has 1 amide bonds. The second-order valence-corrected chi connectivity index (χ2v) is 6.81. The number of rotatable bonds is 10. The second kappa shape index (κ2) is 9.42. The maximum absolute atomic E-state index is 12.2. The van der Waals surface area contributed by atoms with Crippen LogP contribution >= 0.6 is 0 Å². The summed E-state index contributed by atoms with van der Waals surface area (Å²) >= 11 is 0. The van der Waals surface area contributed by atoms with Crippen molar-refractivity contribution >= 4 is 21.6 Å². The summed E-state index contributed by atoms with van der Waals surface area (Å²) in [5, 5.41) is 5.97.